The van der Waals surface area contributed by atoms with Crippen molar-refractivity contribution in [1.82, 2.24) is 4.67 Å². The predicted molar refractivity (Wildman–Crippen MR) is 144 cm³/mol. The van der Waals surface area contributed by atoms with Crippen molar-refractivity contribution in [3.63, 3.8) is 0 Å². The van der Waals surface area contributed by atoms with E-state index < -0.39 is 8.53 Å². The molecule has 0 aliphatic heterocycles. The lowest BCUT2D eigenvalue weighted by Gasteiger charge is -2.35. The Hall–Kier alpha value is -2.28. The highest BCUT2D eigenvalue weighted by Crippen LogP contribution is 2.46. The molecular formula is C29H35N2O2P. The summed E-state index contributed by atoms with van der Waals surface area (Å²) in [4.78, 5) is 0. The van der Waals surface area contributed by atoms with Crippen LogP contribution in [0.1, 0.15) is 52.5 Å². The van der Waals surface area contributed by atoms with E-state index in [0.29, 0.717) is 31.7 Å². The number of nitriles is 1. The van der Waals surface area contributed by atoms with Gasteiger partial charge in [0, 0.05) is 12.1 Å². The molecule has 0 saturated carbocycles. The summed E-state index contributed by atoms with van der Waals surface area (Å²) in [5.41, 5.74) is 1.41. The highest BCUT2D eigenvalue weighted by atomic mass is 31.2. The van der Waals surface area contributed by atoms with E-state index in [2.05, 4.69) is 93.0 Å². The molecule has 4 aromatic carbocycles. The first-order valence-electron chi connectivity index (χ1n) is 12.4. The number of aryl methyl sites for hydroxylation is 1. The topological polar surface area (TPSA) is 45.5 Å². The van der Waals surface area contributed by atoms with E-state index in [1.807, 2.05) is 0 Å². The molecule has 0 aliphatic carbocycles. The minimum absolute atomic E-state index is 0.324. The summed E-state index contributed by atoms with van der Waals surface area (Å²) in [7, 11) is -1.16. The quantitative estimate of drug-likeness (QED) is 0.118. The molecule has 1 unspecified atom stereocenters. The largest absolute Gasteiger partial charge is 0.322 e. The number of unbranched alkanes of at least 4 members (excludes halogenated alkanes) is 1. The number of hydrogen-bond donors (Lipinski definition) is 0. The van der Waals surface area contributed by atoms with Crippen LogP contribution in [0.5, 0.6) is 0 Å². The van der Waals surface area contributed by atoms with Crippen LogP contribution in [0.4, 0.5) is 0 Å². The van der Waals surface area contributed by atoms with Gasteiger partial charge in [0.05, 0.1) is 25.7 Å². The average Bonchev–Trinajstić information content (AvgIpc) is 2.82. The Balaban J connectivity index is 1.41. The first-order chi connectivity index (χ1) is 16.5. The Morgan fingerprint density at radius 3 is 2.09 bits per heavy atom. The van der Waals surface area contributed by atoms with Gasteiger partial charge in [-0.15, -0.1) is 0 Å². The second-order valence-corrected chi connectivity index (χ2v) is 10.9. The van der Waals surface area contributed by atoms with E-state index in [1.165, 1.54) is 37.9 Å². The van der Waals surface area contributed by atoms with Crippen LogP contribution in [0.25, 0.3) is 32.3 Å². The second kappa shape index (κ2) is 11.4. The fourth-order valence-corrected chi connectivity index (χ4v) is 6.52. The summed E-state index contributed by atoms with van der Waals surface area (Å²) in [5.74, 6) is 0. The standard InChI is InChI=1S/C29H35N2O2P/c1-21(2)31(22(3)4)34(33-20-8-18-30)32-19-6-5-9-23-12-13-26-15-14-24-10-7-11-25-16-17-27(23)29(26)28(24)25/h7,10-17,21-22H,5-6,8-9,19-20H2,1-4H3. The van der Waals surface area contributed by atoms with Crippen LogP contribution in [0, 0.1) is 11.3 Å². The summed E-state index contributed by atoms with van der Waals surface area (Å²) < 4.78 is 14.5. The number of benzene rings is 4. The third-order valence-electron chi connectivity index (χ3n) is 6.32. The van der Waals surface area contributed by atoms with E-state index >= 15 is 0 Å². The van der Waals surface area contributed by atoms with Crippen molar-refractivity contribution in [2.24, 2.45) is 0 Å². The van der Waals surface area contributed by atoms with Gasteiger partial charge in [-0.2, -0.15) is 5.26 Å². The van der Waals surface area contributed by atoms with E-state index in [4.69, 9.17) is 14.3 Å². The van der Waals surface area contributed by atoms with E-state index in [-0.39, 0.29) is 0 Å². The molecule has 0 spiro atoms. The zero-order valence-electron chi connectivity index (χ0n) is 20.8. The van der Waals surface area contributed by atoms with Gasteiger partial charge in [-0.1, -0.05) is 54.6 Å². The number of nitrogens with zero attached hydrogens (tertiary/aromatic N) is 2. The Morgan fingerprint density at radius 1 is 0.794 bits per heavy atom. The lowest BCUT2D eigenvalue weighted by molar-refractivity contribution is 0.174. The minimum Gasteiger partial charge on any atom is -0.322 e. The molecule has 0 fully saturated rings. The second-order valence-electron chi connectivity index (χ2n) is 9.42. The summed E-state index contributed by atoms with van der Waals surface area (Å²) in [6.07, 6.45) is 3.46. The average molecular weight is 475 g/mol. The molecule has 1 atom stereocenters. The van der Waals surface area contributed by atoms with Crippen molar-refractivity contribution >= 4 is 40.8 Å². The Kier molecular flexibility index (Phi) is 8.35. The fourth-order valence-electron chi connectivity index (χ4n) is 4.89. The van der Waals surface area contributed by atoms with Gasteiger partial charge in [-0.3, -0.25) is 0 Å². The van der Waals surface area contributed by atoms with Crippen LogP contribution in [0.2, 0.25) is 0 Å². The molecule has 4 nitrogen and oxygen atoms in total. The van der Waals surface area contributed by atoms with Crippen LogP contribution in [-0.2, 0) is 15.5 Å². The third kappa shape index (κ3) is 5.35. The monoisotopic (exact) mass is 474 g/mol. The molecule has 0 amide bonds. The van der Waals surface area contributed by atoms with Crippen molar-refractivity contribution in [2.75, 3.05) is 13.2 Å². The SMILES string of the molecule is CC(C)N(C(C)C)P(OCCC#N)OCCCCc1ccc2ccc3cccc4ccc1c2c34. The van der Waals surface area contributed by atoms with Gasteiger partial charge >= 0.3 is 0 Å². The molecule has 5 heteroatoms. The molecule has 178 valence electrons. The zero-order valence-corrected chi connectivity index (χ0v) is 21.6. The zero-order chi connectivity index (χ0) is 24.1. The molecule has 34 heavy (non-hydrogen) atoms. The molecule has 0 bridgehead atoms. The Labute approximate surface area is 204 Å². The number of hydrogen-bond acceptors (Lipinski definition) is 4. The first kappa shape index (κ1) is 24.8. The summed E-state index contributed by atoms with van der Waals surface area (Å²) >= 11 is 0. The third-order valence-corrected chi connectivity index (χ3v) is 8.43. The maximum atomic E-state index is 8.88. The highest BCUT2D eigenvalue weighted by Gasteiger charge is 2.26. The molecule has 0 saturated heterocycles. The summed E-state index contributed by atoms with van der Waals surface area (Å²) in [6.45, 7) is 9.75. The predicted octanol–water partition coefficient (Wildman–Crippen LogP) is 8.20. The maximum absolute atomic E-state index is 8.88. The van der Waals surface area contributed by atoms with Gasteiger partial charge in [-0.25, -0.2) is 4.67 Å². The van der Waals surface area contributed by atoms with Crippen molar-refractivity contribution in [2.45, 2.75) is 65.5 Å². The van der Waals surface area contributed by atoms with Gasteiger partial charge in [-0.05, 0) is 84.8 Å². The molecule has 0 aliphatic rings. The van der Waals surface area contributed by atoms with Crippen molar-refractivity contribution in [3.8, 4) is 6.07 Å². The molecule has 0 aromatic heterocycles. The van der Waals surface area contributed by atoms with Crippen molar-refractivity contribution in [3.05, 3.63) is 60.2 Å². The van der Waals surface area contributed by atoms with Gasteiger partial charge in [0.2, 0.25) is 0 Å². The fraction of sp³-hybridized carbons (Fsp3) is 0.414. The van der Waals surface area contributed by atoms with E-state index in [0.717, 1.165) is 19.3 Å². The highest BCUT2D eigenvalue weighted by molar-refractivity contribution is 7.44. The van der Waals surface area contributed by atoms with Gasteiger partial charge in [0.15, 0.2) is 0 Å². The van der Waals surface area contributed by atoms with Gasteiger partial charge < -0.3 is 9.05 Å². The van der Waals surface area contributed by atoms with Crippen LogP contribution < -0.4 is 0 Å². The molecule has 4 aromatic rings. The maximum Gasteiger partial charge on any atom is 0.259 e. The van der Waals surface area contributed by atoms with E-state index in [9.17, 15) is 0 Å². The van der Waals surface area contributed by atoms with Crippen molar-refractivity contribution < 1.29 is 9.05 Å². The molecule has 0 heterocycles. The lowest BCUT2D eigenvalue weighted by Crippen LogP contribution is -2.33. The molecular weight excluding hydrogens is 439 g/mol. The van der Waals surface area contributed by atoms with E-state index in [1.54, 1.807) is 0 Å². The Bertz CT molecular complexity index is 1240. The molecule has 0 N–H and O–H groups in total. The minimum atomic E-state index is -1.16. The Morgan fingerprint density at radius 2 is 1.41 bits per heavy atom. The van der Waals surface area contributed by atoms with Gasteiger partial charge in [0.25, 0.3) is 8.53 Å². The molecule has 4 rings (SSSR count). The smallest absolute Gasteiger partial charge is 0.259 e. The van der Waals surface area contributed by atoms with Crippen LogP contribution in [0.15, 0.2) is 54.6 Å². The summed E-state index contributed by atoms with van der Waals surface area (Å²) in [5, 5.41) is 17.0. The van der Waals surface area contributed by atoms with Crippen molar-refractivity contribution in [1.29, 1.82) is 5.26 Å². The van der Waals surface area contributed by atoms with Gasteiger partial charge in [0.1, 0.15) is 0 Å². The van der Waals surface area contributed by atoms with Crippen LogP contribution in [0.3, 0.4) is 0 Å². The first-order valence-corrected chi connectivity index (χ1v) is 13.5. The van der Waals surface area contributed by atoms with Crippen LogP contribution >= 0.6 is 8.53 Å². The molecule has 0 radical (unpaired) electrons. The normalized spacial score (nSPS) is 13.1. The summed E-state index contributed by atoms with van der Waals surface area (Å²) in [6, 6.07) is 23.0. The van der Waals surface area contributed by atoms with Crippen LogP contribution in [-0.4, -0.2) is 30.0 Å². The number of rotatable bonds is 12. The lowest BCUT2D eigenvalue weighted by atomic mass is 9.91.